The van der Waals surface area contributed by atoms with Gasteiger partial charge in [0.05, 0.1) is 23.4 Å². The lowest BCUT2D eigenvalue weighted by Gasteiger charge is -2.08. The molecule has 16 heavy (non-hydrogen) atoms. The first-order valence-electron chi connectivity index (χ1n) is 5.02. The van der Waals surface area contributed by atoms with E-state index in [1.807, 2.05) is 0 Å². The Morgan fingerprint density at radius 1 is 1.50 bits per heavy atom. The van der Waals surface area contributed by atoms with Crippen LogP contribution in [0.15, 0.2) is 24.3 Å². The van der Waals surface area contributed by atoms with E-state index in [0.717, 1.165) is 0 Å². The lowest BCUT2D eigenvalue weighted by molar-refractivity contribution is -0.115. The van der Waals surface area contributed by atoms with Crippen LogP contribution in [0.3, 0.4) is 0 Å². The van der Waals surface area contributed by atoms with Gasteiger partial charge in [0.2, 0.25) is 5.91 Å². The summed E-state index contributed by atoms with van der Waals surface area (Å²) in [6.45, 7) is 2.19. The minimum Gasteiger partial charge on any atom is -0.392 e. The van der Waals surface area contributed by atoms with Crippen LogP contribution in [0.4, 0.5) is 5.69 Å². The van der Waals surface area contributed by atoms with E-state index >= 15 is 0 Å². The smallest absolute Gasteiger partial charge is 0.238 e. The molecule has 0 aliphatic rings. The Hall–Kier alpha value is -1.10. The molecule has 0 fully saturated rings. The van der Waals surface area contributed by atoms with Gasteiger partial charge < -0.3 is 15.7 Å². The molecule has 1 rings (SSSR count). The molecule has 0 heterocycles. The molecular weight excluding hydrogens is 228 g/mol. The first kappa shape index (κ1) is 13.0. The van der Waals surface area contributed by atoms with Crippen LogP contribution in [-0.4, -0.2) is 30.2 Å². The van der Waals surface area contributed by atoms with Crippen LogP contribution in [0, 0.1) is 0 Å². The van der Waals surface area contributed by atoms with Crippen molar-refractivity contribution in [3.8, 4) is 0 Å². The third-order valence-electron chi connectivity index (χ3n) is 1.87. The molecule has 0 spiro atoms. The van der Waals surface area contributed by atoms with Crippen LogP contribution in [0.25, 0.3) is 0 Å². The maximum Gasteiger partial charge on any atom is 0.238 e. The summed E-state index contributed by atoms with van der Waals surface area (Å²) in [5, 5.41) is 15.0. The number of rotatable bonds is 5. The Morgan fingerprint density at radius 3 is 2.81 bits per heavy atom. The third kappa shape index (κ3) is 4.61. The second-order valence-corrected chi connectivity index (χ2v) is 3.92. The number of para-hydroxylation sites is 1. The van der Waals surface area contributed by atoms with Crippen molar-refractivity contribution in [2.24, 2.45) is 0 Å². The zero-order valence-corrected chi connectivity index (χ0v) is 9.79. The van der Waals surface area contributed by atoms with Crippen molar-refractivity contribution in [3.05, 3.63) is 29.3 Å². The first-order chi connectivity index (χ1) is 7.59. The van der Waals surface area contributed by atoms with Gasteiger partial charge in [-0.2, -0.15) is 0 Å². The molecular formula is C11H15ClN2O2. The molecule has 1 atom stereocenters. The van der Waals surface area contributed by atoms with Gasteiger partial charge in [0.15, 0.2) is 0 Å². The molecule has 0 aliphatic carbocycles. The quantitative estimate of drug-likeness (QED) is 0.728. The largest absolute Gasteiger partial charge is 0.392 e. The SMILES string of the molecule is CC(O)CNCC(=O)Nc1ccccc1Cl. The highest BCUT2D eigenvalue weighted by atomic mass is 35.5. The number of aliphatic hydroxyl groups is 1. The number of amides is 1. The Balaban J connectivity index is 2.37. The van der Waals surface area contributed by atoms with Gasteiger partial charge in [-0.3, -0.25) is 4.79 Å². The summed E-state index contributed by atoms with van der Waals surface area (Å²) >= 11 is 5.88. The van der Waals surface area contributed by atoms with Gasteiger partial charge in [-0.1, -0.05) is 23.7 Å². The highest BCUT2D eigenvalue weighted by molar-refractivity contribution is 6.33. The summed E-state index contributed by atoms with van der Waals surface area (Å²) in [6, 6.07) is 7.03. The summed E-state index contributed by atoms with van der Waals surface area (Å²) in [5.41, 5.74) is 0.591. The molecule has 1 aromatic rings. The average Bonchev–Trinajstić information content (AvgIpc) is 2.21. The molecule has 1 amide bonds. The van der Waals surface area contributed by atoms with Gasteiger partial charge in [0.25, 0.3) is 0 Å². The monoisotopic (exact) mass is 242 g/mol. The first-order valence-corrected chi connectivity index (χ1v) is 5.40. The van der Waals surface area contributed by atoms with Crippen LogP contribution in [0.5, 0.6) is 0 Å². The molecule has 0 saturated carbocycles. The third-order valence-corrected chi connectivity index (χ3v) is 2.20. The summed E-state index contributed by atoms with van der Waals surface area (Å²) in [4.78, 5) is 11.4. The number of halogens is 1. The van der Waals surface area contributed by atoms with Crippen molar-refractivity contribution >= 4 is 23.2 Å². The zero-order valence-electron chi connectivity index (χ0n) is 9.03. The van der Waals surface area contributed by atoms with Crippen molar-refractivity contribution in [1.82, 2.24) is 5.32 Å². The highest BCUT2D eigenvalue weighted by Gasteiger charge is 2.04. The van der Waals surface area contributed by atoms with E-state index in [4.69, 9.17) is 16.7 Å². The average molecular weight is 243 g/mol. The number of aliphatic hydroxyl groups excluding tert-OH is 1. The lowest BCUT2D eigenvalue weighted by atomic mass is 10.3. The fourth-order valence-corrected chi connectivity index (χ4v) is 1.33. The van der Waals surface area contributed by atoms with Gasteiger partial charge in [-0.15, -0.1) is 0 Å². The van der Waals surface area contributed by atoms with E-state index in [0.29, 0.717) is 17.3 Å². The van der Waals surface area contributed by atoms with Crippen molar-refractivity contribution in [1.29, 1.82) is 0 Å². The van der Waals surface area contributed by atoms with E-state index in [1.54, 1.807) is 31.2 Å². The van der Waals surface area contributed by atoms with Gasteiger partial charge in [0, 0.05) is 6.54 Å². The number of hydrogen-bond acceptors (Lipinski definition) is 3. The van der Waals surface area contributed by atoms with E-state index < -0.39 is 6.10 Å². The molecule has 0 aliphatic heterocycles. The number of benzene rings is 1. The molecule has 5 heteroatoms. The Bertz CT molecular complexity index is 356. The van der Waals surface area contributed by atoms with Crippen molar-refractivity contribution in [2.75, 3.05) is 18.4 Å². The van der Waals surface area contributed by atoms with Crippen LogP contribution in [0.1, 0.15) is 6.92 Å². The standard InChI is InChI=1S/C11H15ClN2O2/c1-8(15)6-13-7-11(16)14-10-5-3-2-4-9(10)12/h2-5,8,13,15H,6-7H2,1H3,(H,14,16). The fourth-order valence-electron chi connectivity index (χ4n) is 1.15. The van der Waals surface area contributed by atoms with Gasteiger partial charge >= 0.3 is 0 Å². The molecule has 0 bridgehead atoms. The number of hydrogen-bond donors (Lipinski definition) is 3. The zero-order chi connectivity index (χ0) is 12.0. The second kappa shape index (κ2) is 6.48. The molecule has 0 radical (unpaired) electrons. The Morgan fingerprint density at radius 2 is 2.19 bits per heavy atom. The van der Waals surface area contributed by atoms with Crippen LogP contribution >= 0.6 is 11.6 Å². The van der Waals surface area contributed by atoms with Gasteiger partial charge in [0.1, 0.15) is 0 Å². The van der Waals surface area contributed by atoms with E-state index in [2.05, 4.69) is 10.6 Å². The second-order valence-electron chi connectivity index (χ2n) is 3.51. The maximum absolute atomic E-state index is 11.4. The highest BCUT2D eigenvalue weighted by Crippen LogP contribution is 2.19. The summed E-state index contributed by atoms with van der Waals surface area (Å²) in [7, 11) is 0. The topological polar surface area (TPSA) is 61.4 Å². The summed E-state index contributed by atoms with van der Waals surface area (Å²) < 4.78 is 0. The molecule has 0 aromatic heterocycles. The van der Waals surface area contributed by atoms with Crippen molar-refractivity contribution in [2.45, 2.75) is 13.0 Å². The van der Waals surface area contributed by atoms with Crippen LogP contribution in [0.2, 0.25) is 5.02 Å². The minimum atomic E-state index is -0.465. The maximum atomic E-state index is 11.4. The number of carbonyl (C=O) groups excluding carboxylic acids is 1. The fraction of sp³-hybridized carbons (Fsp3) is 0.364. The predicted molar refractivity (Wildman–Crippen MR) is 64.6 cm³/mol. The minimum absolute atomic E-state index is 0.149. The lowest BCUT2D eigenvalue weighted by Crippen LogP contribution is -2.32. The Labute approximate surface area is 99.6 Å². The molecule has 0 saturated heterocycles. The van der Waals surface area contributed by atoms with Gasteiger partial charge in [-0.25, -0.2) is 0 Å². The molecule has 4 nitrogen and oxygen atoms in total. The summed E-state index contributed by atoms with van der Waals surface area (Å²) in [5.74, 6) is -0.186. The van der Waals surface area contributed by atoms with Crippen molar-refractivity contribution in [3.63, 3.8) is 0 Å². The van der Waals surface area contributed by atoms with Gasteiger partial charge in [-0.05, 0) is 19.1 Å². The molecule has 1 unspecified atom stereocenters. The molecule has 88 valence electrons. The predicted octanol–water partition coefficient (Wildman–Crippen LogP) is 1.25. The normalized spacial score (nSPS) is 12.2. The van der Waals surface area contributed by atoms with Crippen LogP contribution in [-0.2, 0) is 4.79 Å². The molecule has 1 aromatic carbocycles. The van der Waals surface area contributed by atoms with Crippen LogP contribution < -0.4 is 10.6 Å². The van der Waals surface area contributed by atoms with E-state index in [9.17, 15) is 4.79 Å². The Kier molecular flexibility index (Phi) is 5.25. The number of carbonyl (C=O) groups is 1. The number of nitrogens with one attached hydrogen (secondary N) is 2. The number of anilines is 1. The summed E-state index contributed by atoms with van der Waals surface area (Å²) in [6.07, 6.45) is -0.465. The van der Waals surface area contributed by atoms with E-state index in [-0.39, 0.29) is 12.5 Å². The molecule has 3 N–H and O–H groups in total. The van der Waals surface area contributed by atoms with Crippen molar-refractivity contribution < 1.29 is 9.90 Å². The van der Waals surface area contributed by atoms with E-state index in [1.165, 1.54) is 0 Å².